The van der Waals surface area contributed by atoms with E-state index < -0.39 is 36.0 Å². The number of carbonyl (C=O) groups is 3. The summed E-state index contributed by atoms with van der Waals surface area (Å²) in [6, 6.07) is 16.5. The lowest BCUT2D eigenvalue weighted by Crippen LogP contribution is -2.50. The van der Waals surface area contributed by atoms with Gasteiger partial charge in [0.2, 0.25) is 0 Å². The molecule has 0 aliphatic heterocycles. The molecule has 0 saturated heterocycles. The average molecular weight is 423 g/mol. The van der Waals surface area contributed by atoms with Crippen LogP contribution in [-0.2, 0) is 9.59 Å². The van der Waals surface area contributed by atoms with Crippen LogP contribution < -0.4 is 10.6 Å². The van der Waals surface area contributed by atoms with Gasteiger partial charge in [0.05, 0.1) is 12.1 Å². The molecule has 2 aromatic rings. The van der Waals surface area contributed by atoms with E-state index >= 15 is 0 Å². The number of benzene rings is 2. The molecule has 0 aromatic heterocycles. The molecule has 0 unspecified atom stereocenters. The van der Waals surface area contributed by atoms with E-state index in [9.17, 15) is 24.6 Å². The molecule has 162 valence electrons. The number of hydrogen-bond acceptors (Lipinski definition) is 5. The summed E-state index contributed by atoms with van der Waals surface area (Å²) in [7, 11) is 0. The Morgan fingerprint density at radius 3 is 2.13 bits per heavy atom. The van der Waals surface area contributed by atoms with Gasteiger partial charge in [0.25, 0.3) is 11.8 Å². The van der Waals surface area contributed by atoms with Crippen LogP contribution in [0.5, 0.6) is 0 Å². The SMILES string of the molecule is N#CCCCC[C@H](NC(=O)[C@H](O)[C@@H](NC(=O)c1ccccc1)c1ccccc1)C(=O)O. The van der Waals surface area contributed by atoms with Crippen LogP contribution in [0.1, 0.15) is 47.6 Å². The Balaban J connectivity index is 2.14. The summed E-state index contributed by atoms with van der Waals surface area (Å²) in [5.41, 5.74) is 0.854. The number of hydrogen-bond donors (Lipinski definition) is 4. The number of aliphatic carboxylic acids is 1. The zero-order valence-electron chi connectivity index (χ0n) is 16.9. The summed E-state index contributed by atoms with van der Waals surface area (Å²) < 4.78 is 0. The first-order valence-corrected chi connectivity index (χ1v) is 9.93. The third-order valence-electron chi connectivity index (χ3n) is 4.71. The molecule has 3 atom stereocenters. The fourth-order valence-corrected chi connectivity index (χ4v) is 3.04. The number of aliphatic hydroxyl groups excluding tert-OH is 1. The molecular formula is C23H25N3O5. The van der Waals surface area contributed by atoms with Gasteiger partial charge in [-0.05, 0) is 37.0 Å². The van der Waals surface area contributed by atoms with E-state index in [0.29, 0.717) is 30.4 Å². The van der Waals surface area contributed by atoms with Crippen molar-refractivity contribution in [2.75, 3.05) is 0 Å². The second-order valence-corrected chi connectivity index (χ2v) is 6.98. The first kappa shape index (κ1) is 23.6. The zero-order valence-corrected chi connectivity index (χ0v) is 16.9. The molecule has 8 heteroatoms. The van der Waals surface area contributed by atoms with Gasteiger partial charge in [0, 0.05) is 12.0 Å². The lowest BCUT2D eigenvalue weighted by Gasteiger charge is -2.25. The van der Waals surface area contributed by atoms with Gasteiger partial charge in [0.15, 0.2) is 6.10 Å². The summed E-state index contributed by atoms with van der Waals surface area (Å²) >= 11 is 0. The number of carboxylic acid groups (broad SMARTS) is 1. The molecule has 0 radical (unpaired) electrons. The second-order valence-electron chi connectivity index (χ2n) is 6.98. The van der Waals surface area contributed by atoms with E-state index in [0.717, 1.165) is 0 Å². The predicted molar refractivity (Wildman–Crippen MR) is 113 cm³/mol. The number of unbranched alkanes of at least 4 members (excludes halogenated alkanes) is 2. The Hall–Kier alpha value is -3.70. The normalized spacial score (nSPS) is 13.3. The molecule has 0 aliphatic rings. The van der Waals surface area contributed by atoms with Gasteiger partial charge in [0.1, 0.15) is 6.04 Å². The molecule has 0 aliphatic carbocycles. The molecular weight excluding hydrogens is 398 g/mol. The molecule has 0 bridgehead atoms. The summed E-state index contributed by atoms with van der Waals surface area (Å²) in [5.74, 6) is -2.62. The lowest BCUT2D eigenvalue weighted by atomic mass is 9.99. The third kappa shape index (κ3) is 7.24. The van der Waals surface area contributed by atoms with Crippen LogP contribution in [0.15, 0.2) is 60.7 Å². The van der Waals surface area contributed by atoms with Crippen molar-refractivity contribution in [3.63, 3.8) is 0 Å². The molecule has 2 amide bonds. The molecule has 2 aromatic carbocycles. The third-order valence-corrected chi connectivity index (χ3v) is 4.71. The van der Waals surface area contributed by atoms with Crippen LogP contribution in [-0.4, -0.2) is 40.1 Å². The maximum absolute atomic E-state index is 12.7. The second kappa shape index (κ2) is 12.1. The van der Waals surface area contributed by atoms with Crippen LogP contribution in [0, 0.1) is 11.3 Å². The highest BCUT2D eigenvalue weighted by atomic mass is 16.4. The van der Waals surface area contributed by atoms with Gasteiger partial charge < -0.3 is 20.8 Å². The van der Waals surface area contributed by atoms with Gasteiger partial charge in [-0.25, -0.2) is 4.79 Å². The maximum atomic E-state index is 12.7. The Labute approximate surface area is 180 Å². The molecule has 0 spiro atoms. The van der Waals surface area contributed by atoms with Crippen LogP contribution in [0.4, 0.5) is 0 Å². The van der Waals surface area contributed by atoms with Crippen molar-refractivity contribution in [3.05, 3.63) is 71.8 Å². The van der Waals surface area contributed by atoms with E-state index in [1.165, 1.54) is 0 Å². The van der Waals surface area contributed by atoms with Crippen LogP contribution in [0.25, 0.3) is 0 Å². The number of amides is 2. The topological polar surface area (TPSA) is 140 Å². The van der Waals surface area contributed by atoms with Gasteiger partial charge in [-0.3, -0.25) is 9.59 Å². The Bertz CT molecular complexity index is 912. The number of carbonyl (C=O) groups excluding carboxylic acids is 2. The summed E-state index contributed by atoms with van der Waals surface area (Å²) in [6.07, 6.45) is -0.338. The van der Waals surface area contributed by atoms with Crippen molar-refractivity contribution < 1.29 is 24.6 Å². The van der Waals surface area contributed by atoms with E-state index in [2.05, 4.69) is 10.6 Å². The summed E-state index contributed by atoms with van der Waals surface area (Å²) in [6.45, 7) is 0. The number of aliphatic hydroxyl groups is 1. The monoisotopic (exact) mass is 423 g/mol. The molecule has 8 nitrogen and oxygen atoms in total. The minimum atomic E-state index is -1.71. The highest BCUT2D eigenvalue weighted by Crippen LogP contribution is 2.19. The van der Waals surface area contributed by atoms with E-state index in [-0.39, 0.29) is 6.42 Å². The molecule has 31 heavy (non-hydrogen) atoms. The molecule has 0 heterocycles. The number of nitrogens with zero attached hydrogens (tertiary/aromatic N) is 1. The minimum Gasteiger partial charge on any atom is -0.480 e. The highest BCUT2D eigenvalue weighted by molar-refractivity contribution is 5.95. The van der Waals surface area contributed by atoms with Gasteiger partial charge in [-0.1, -0.05) is 48.5 Å². The van der Waals surface area contributed by atoms with Crippen molar-refractivity contribution in [2.24, 2.45) is 0 Å². The fraction of sp³-hybridized carbons (Fsp3) is 0.304. The Morgan fingerprint density at radius 1 is 0.935 bits per heavy atom. The maximum Gasteiger partial charge on any atom is 0.326 e. The Morgan fingerprint density at radius 2 is 1.55 bits per heavy atom. The van der Waals surface area contributed by atoms with Crippen LogP contribution >= 0.6 is 0 Å². The molecule has 0 saturated carbocycles. The Kier molecular flexibility index (Phi) is 9.20. The smallest absolute Gasteiger partial charge is 0.326 e. The molecule has 0 fully saturated rings. The number of rotatable bonds is 11. The predicted octanol–water partition coefficient (Wildman–Crippen LogP) is 2.17. The van der Waals surface area contributed by atoms with Crippen molar-refractivity contribution >= 4 is 17.8 Å². The molecule has 2 rings (SSSR count). The fourth-order valence-electron chi connectivity index (χ4n) is 3.04. The summed E-state index contributed by atoms with van der Waals surface area (Å²) in [5, 5.41) is 33.7. The average Bonchev–Trinajstić information content (AvgIpc) is 2.79. The minimum absolute atomic E-state index is 0.127. The number of nitrogens with one attached hydrogen (secondary N) is 2. The summed E-state index contributed by atoms with van der Waals surface area (Å²) in [4.78, 5) is 36.8. The zero-order chi connectivity index (χ0) is 22.6. The van der Waals surface area contributed by atoms with E-state index in [1.807, 2.05) is 6.07 Å². The van der Waals surface area contributed by atoms with Crippen LogP contribution in [0.3, 0.4) is 0 Å². The van der Waals surface area contributed by atoms with Gasteiger partial charge >= 0.3 is 5.97 Å². The van der Waals surface area contributed by atoms with Crippen molar-refractivity contribution in [3.8, 4) is 6.07 Å². The van der Waals surface area contributed by atoms with E-state index in [1.54, 1.807) is 60.7 Å². The first-order chi connectivity index (χ1) is 14.9. The number of carboxylic acids is 1. The van der Waals surface area contributed by atoms with E-state index in [4.69, 9.17) is 5.26 Å². The highest BCUT2D eigenvalue weighted by Gasteiger charge is 2.32. The lowest BCUT2D eigenvalue weighted by molar-refractivity contribution is -0.144. The van der Waals surface area contributed by atoms with Crippen molar-refractivity contribution in [1.29, 1.82) is 5.26 Å². The van der Waals surface area contributed by atoms with Crippen molar-refractivity contribution in [1.82, 2.24) is 10.6 Å². The number of nitriles is 1. The molecule has 4 N–H and O–H groups in total. The van der Waals surface area contributed by atoms with Crippen LogP contribution in [0.2, 0.25) is 0 Å². The van der Waals surface area contributed by atoms with Gasteiger partial charge in [-0.2, -0.15) is 5.26 Å². The van der Waals surface area contributed by atoms with Gasteiger partial charge in [-0.15, -0.1) is 0 Å². The van der Waals surface area contributed by atoms with Crippen molar-refractivity contribution in [2.45, 2.75) is 43.9 Å². The first-order valence-electron chi connectivity index (χ1n) is 9.93. The largest absolute Gasteiger partial charge is 0.480 e. The quantitative estimate of drug-likeness (QED) is 0.409. The standard InChI is InChI=1S/C23H25N3O5/c24-15-9-3-8-14-18(23(30)31)25-22(29)20(27)19(16-10-4-1-5-11-16)26-21(28)17-12-6-2-7-13-17/h1-2,4-7,10-13,18-20,27H,3,8-9,14H2,(H,25,29)(H,26,28)(H,30,31)/t18-,19-,20+/m0/s1.